The molecule has 0 bridgehead atoms. The number of ether oxygens (including phenoxy) is 3. The van der Waals surface area contributed by atoms with Crippen LogP contribution in [0.15, 0.2) is 12.1 Å². The van der Waals surface area contributed by atoms with Crippen LogP contribution in [-0.4, -0.2) is 33.3 Å². The molecule has 1 aromatic carbocycles. The Hall–Kier alpha value is -1.75. The Morgan fingerprint density at radius 3 is 2.47 bits per heavy atom. The van der Waals surface area contributed by atoms with Crippen molar-refractivity contribution in [1.82, 2.24) is 0 Å². The van der Waals surface area contributed by atoms with Crippen molar-refractivity contribution in [2.75, 3.05) is 21.3 Å². The zero-order valence-corrected chi connectivity index (χ0v) is 11.9. The number of rotatable bonds is 6. The molecule has 0 aliphatic rings. The SMILES string of the molecule is COC(=O)C(N)CCc1ccc(OC)c(C)c1OC. The van der Waals surface area contributed by atoms with E-state index in [9.17, 15) is 4.79 Å². The highest BCUT2D eigenvalue weighted by Gasteiger charge is 2.16. The lowest BCUT2D eigenvalue weighted by Crippen LogP contribution is -2.31. The molecule has 0 amide bonds. The Morgan fingerprint density at radius 2 is 1.95 bits per heavy atom. The first-order chi connectivity index (χ1) is 9.04. The van der Waals surface area contributed by atoms with E-state index in [1.807, 2.05) is 19.1 Å². The molecule has 0 aliphatic carbocycles. The molecule has 1 aromatic rings. The first-order valence-corrected chi connectivity index (χ1v) is 6.09. The van der Waals surface area contributed by atoms with E-state index in [0.29, 0.717) is 12.8 Å². The van der Waals surface area contributed by atoms with Crippen LogP contribution in [0.25, 0.3) is 0 Å². The minimum atomic E-state index is -0.614. The number of esters is 1. The van der Waals surface area contributed by atoms with Gasteiger partial charge in [-0.3, -0.25) is 4.79 Å². The van der Waals surface area contributed by atoms with Gasteiger partial charge in [-0.05, 0) is 31.4 Å². The zero-order valence-electron chi connectivity index (χ0n) is 11.9. The Kier molecular flexibility index (Phi) is 5.63. The molecule has 0 radical (unpaired) electrons. The number of aryl methyl sites for hydroxylation is 1. The molecule has 106 valence electrons. The van der Waals surface area contributed by atoms with E-state index in [1.165, 1.54) is 7.11 Å². The van der Waals surface area contributed by atoms with Crippen molar-refractivity contribution in [1.29, 1.82) is 0 Å². The lowest BCUT2D eigenvalue weighted by molar-refractivity contribution is -0.142. The van der Waals surface area contributed by atoms with Gasteiger partial charge in [-0.1, -0.05) is 6.07 Å². The predicted octanol–water partition coefficient (Wildman–Crippen LogP) is 1.45. The lowest BCUT2D eigenvalue weighted by Gasteiger charge is -2.15. The summed E-state index contributed by atoms with van der Waals surface area (Å²) >= 11 is 0. The highest BCUT2D eigenvalue weighted by molar-refractivity contribution is 5.75. The van der Waals surface area contributed by atoms with Crippen molar-refractivity contribution in [2.24, 2.45) is 5.73 Å². The van der Waals surface area contributed by atoms with Gasteiger partial charge in [0.15, 0.2) is 0 Å². The molecule has 5 heteroatoms. The van der Waals surface area contributed by atoms with E-state index in [1.54, 1.807) is 14.2 Å². The van der Waals surface area contributed by atoms with E-state index >= 15 is 0 Å². The number of carbonyl (C=O) groups is 1. The maximum Gasteiger partial charge on any atom is 0.322 e. The van der Waals surface area contributed by atoms with E-state index in [-0.39, 0.29) is 0 Å². The second-order valence-electron chi connectivity index (χ2n) is 4.25. The van der Waals surface area contributed by atoms with Crippen LogP contribution in [0, 0.1) is 6.92 Å². The van der Waals surface area contributed by atoms with Crippen molar-refractivity contribution in [3.8, 4) is 11.5 Å². The van der Waals surface area contributed by atoms with E-state index < -0.39 is 12.0 Å². The number of carbonyl (C=O) groups excluding carboxylic acids is 1. The predicted molar refractivity (Wildman–Crippen MR) is 72.6 cm³/mol. The highest BCUT2D eigenvalue weighted by atomic mass is 16.5. The molecule has 0 aromatic heterocycles. The summed E-state index contributed by atoms with van der Waals surface area (Å²) in [6.07, 6.45) is 1.15. The topological polar surface area (TPSA) is 70.8 Å². The fraction of sp³-hybridized carbons (Fsp3) is 0.500. The molecule has 0 fully saturated rings. The van der Waals surface area contributed by atoms with Crippen LogP contribution in [0.1, 0.15) is 17.5 Å². The molecule has 1 unspecified atom stereocenters. The molecular weight excluding hydrogens is 246 g/mol. The number of hydrogen-bond donors (Lipinski definition) is 1. The van der Waals surface area contributed by atoms with Gasteiger partial charge >= 0.3 is 5.97 Å². The van der Waals surface area contributed by atoms with Crippen molar-refractivity contribution in [3.05, 3.63) is 23.3 Å². The lowest BCUT2D eigenvalue weighted by atomic mass is 10.0. The first-order valence-electron chi connectivity index (χ1n) is 6.09. The zero-order chi connectivity index (χ0) is 14.4. The Bertz CT molecular complexity index is 445. The third kappa shape index (κ3) is 3.61. The van der Waals surface area contributed by atoms with Gasteiger partial charge in [0.05, 0.1) is 21.3 Å². The summed E-state index contributed by atoms with van der Waals surface area (Å²) in [5, 5.41) is 0. The van der Waals surface area contributed by atoms with Crippen LogP contribution in [0.5, 0.6) is 11.5 Å². The first kappa shape index (κ1) is 15.3. The van der Waals surface area contributed by atoms with Gasteiger partial charge in [0.2, 0.25) is 0 Å². The summed E-state index contributed by atoms with van der Waals surface area (Å²) in [6.45, 7) is 1.93. The smallest absolute Gasteiger partial charge is 0.322 e. The van der Waals surface area contributed by atoms with Crippen molar-refractivity contribution >= 4 is 5.97 Å². The largest absolute Gasteiger partial charge is 0.496 e. The third-order valence-electron chi connectivity index (χ3n) is 3.09. The number of benzene rings is 1. The quantitative estimate of drug-likeness (QED) is 0.790. The molecular formula is C14H21NO4. The molecule has 5 nitrogen and oxygen atoms in total. The monoisotopic (exact) mass is 267 g/mol. The van der Waals surface area contributed by atoms with E-state index in [0.717, 1.165) is 22.6 Å². The van der Waals surface area contributed by atoms with Gasteiger partial charge in [-0.25, -0.2) is 0 Å². The normalized spacial score (nSPS) is 11.8. The molecule has 1 rings (SSSR count). The van der Waals surface area contributed by atoms with Crippen LogP contribution in [0.3, 0.4) is 0 Å². The van der Waals surface area contributed by atoms with Crippen molar-refractivity contribution in [2.45, 2.75) is 25.8 Å². The molecule has 0 spiro atoms. The Labute approximate surface area is 113 Å². The van der Waals surface area contributed by atoms with Crippen LogP contribution >= 0.6 is 0 Å². The van der Waals surface area contributed by atoms with Crippen molar-refractivity contribution in [3.63, 3.8) is 0 Å². The number of hydrogen-bond acceptors (Lipinski definition) is 5. The minimum Gasteiger partial charge on any atom is -0.496 e. The molecule has 19 heavy (non-hydrogen) atoms. The molecule has 2 N–H and O–H groups in total. The van der Waals surface area contributed by atoms with Crippen LogP contribution in [0.2, 0.25) is 0 Å². The standard InChI is InChI=1S/C14H21NO4/c1-9-12(17-2)8-6-10(13(9)18-3)5-7-11(15)14(16)19-4/h6,8,11H,5,7,15H2,1-4H3. The summed E-state index contributed by atoms with van der Waals surface area (Å²) in [7, 11) is 4.57. The second-order valence-corrected chi connectivity index (χ2v) is 4.25. The van der Waals surface area contributed by atoms with E-state index in [2.05, 4.69) is 4.74 Å². The molecule has 1 atom stereocenters. The second kappa shape index (κ2) is 6.99. The fourth-order valence-corrected chi connectivity index (χ4v) is 2.01. The summed E-state index contributed by atoms with van der Waals surface area (Å²) in [4.78, 5) is 11.3. The Morgan fingerprint density at radius 1 is 1.26 bits per heavy atom. The Balaban J connectivity index is 2.84. The van der Waals surface area contributed by atoms with Gasteiger partial charge in [0.25, 0.3) is 0 Å². The summed E-state index contributed by atoms with van der Waals surface area (Å²) in [6, 6.07) is 3.20. The van der Waals surface area contributed by atoms with Gasteiger partial charge in [0, 0.05) is 5.56 Å². The van der Waals surface area contributed by atoms with Gasteiger partial charge in [-0.2, -0.15) is 0 Å². The van der Waals surface area contributed by atoms with Gasteiger partial charge in [-0.15, -0.1) is 0 Å². The summed E-state index contributed by atoms with van der Waals surface area (Å²) in [5.74, 6) is 1.15. The van der Waals surface area contributed by atoms with Crippen LogP contribution in [-0.2, 0) is 16.0 Å². The average molecular weight is 267 g/mol. The summed E-state index contributed by atoms with van der Waals surface area (Å²) < 4.78 is 15.2. The average Bonchev–Trinajstić information content (AvgIpc) is 2.43. The van der Waals surface area contributed by atoms with Crippen LogP contribution in [0.4, 0.5) is 0 Å². The number of nitrogens with two attached hydrogens (primary N) is 1. The minimum absolute atomic E-state index is 0.399. The number of methoxy groups -OCH3 is 3. The molecule has 0 saturated heterocycles. The fourth-order valence-electron chi connectivity index (χ4n) is 2.01. The van der Waals surface area contributed by atoms with Gasteiger partial charge < -0.3 is 19.9 Å². The third-order valence-corrected chi connectivity index (χ3v) is 3.09. The van der Waals surface area contributed by atoms with Crippen LogP contribution < -0.4 is 15.2 Å². The molecule has 0 saturated carbocycles. The maximum atomic E-state index is 11.3. The van der Waals surface area contributed by atoms with E-state index in [4.69, 9.17) is 15.2 Å². The molecule has 0 aliphatic heterocycles. The maximum absolute atomic E-state index is 11.3. The van der Waals surface area contributed by atoms with Gasteiger partial charge in [0.1, 0.15) is 17.5 Å². The highest BCUT2D eigenvalue weighted by Crippen LogP contribution is 2.32. The molecule has 0 heterocycles. The van der Waals surface area contributed by atoms with Crippen molar-refractivity contribution < 1.29 is 19.0 Å². The summed E-state index contributed by atoms with van der Waals surface area (Å²) in [5.41, 5.74) is 7.66.